The maximum Gasteiger partial charge on any atom is 0.450 e. The van der Waals surface area contributed by atoms with Crippen LogP contribution in [0.5, 0.6) is 0 Å². The highest BCUT2D eigenvalue weighted by atomic mass is 32.5. The Balaban J connectivity index is 7.00. The number of hydrogen-bond acceptors (Lipinski definition) is 2. The molecule has 28 heavy (non-hydrogen) atoms. The van der Waals surface area contributed by atoms with Gasteiger partial charge in [0.1, 0.15) is 0 Å². The van der Waals surface area contributed by atoms with Crippen molar-refractivity contribution in [3.63, 3.8) is 0 Å². The summed E-state index contributed by atoms with van der Waals surface area (Å²) in [6.45, 7) is 0. The zero-order chi connectivity index (χ0) is 23.9. The predicted molar refractivity (Wildman–Crippen MR) is 54.4 cm³/mol. The van der Waals surface area contributed by atoms with Gasteiger partial charge in [0, 0.05) is 0 Å². The standard InChI is InChI=1S/C6HF17O3S2/c7-1(8,3(11,12)5(15,16)27(24,25)26)2(9,10)4(13,14)6(17,18)28(19,20,21,22)23/h(H,24,25,26). The molecular formula is C6HF17O3S2. The Hall–Kier alpha value is -0.930. The molecule has 0 saturated heterocycles. The van der Waals surface area contributed by atoms with E-state index in [2.05, 4.69) is 0 Å². The lowest BCUT2D eigenvalue weighted by Gasteiger charge is -2.50. The molecule has 0 radical (unpaired) electrons. The first-order valence-corrected chi connectivity index (χ1v) is 8.60. The van der Waals surface area contributed by atoms with Gasteiger partial charge in [0.2, 0.25) is 0 Å². The van der Waals surface area contributed by atoms with Gasteiger partial charge in [-0.25, -0.2) is 0 Å². The fourth-order valence-electron chi connectivity index (χ4n) is 1.16. The van der Waals surface area contributed by atoms with Gasteiger partial charge in [-0.15, -0.1) is 0 Å². The SMILES string of the molecule is O=S(=O)(O)C(F)(F)C(F)(F)C(F)(F)C(F)(F)C(F)(F)C(F)(F)S(F)(F)(F)(F)F. The Kier molecular flexibility index (Phi) is 5.04. The van der Waals surface area contributed by atoms with Gasteiger partial charge in [-0.1, -0.05) is 19.4 Å². The molecule has 0 atom stereocenters. The van der Waals surface area contributed by atoms with Crippen LogP contribution in [0.3, 0.4) is 0 Å². The van der Waals surface area contributed by atoms with E-state index in [0.717, 1.165) is 0 Å². The molecule has 0 saturated carbocycles. The third-order valence-corrected chi connectivity index (χ3v) is 4.85. The van der Waals surface area contributed by atoms with E-state index in [4.69, 9.17) is 4.55 Å². The van der Waals surface area contributed by atoms with Gasteiger partial charge in [0.25, 0.3) is 0 Å². The quantitative estimate of drug-likeness (QED) is 0.345. The summed E-state index contributed by atoms with van der Waals surface area (Å²) in [7, 11) is -21.2. The van der Waals surface area contributed by atoms with E-state index in [9.17, 15) is 80.5 Å². The molecule has 0 rings (SSSR count). The van der Waals surface area contributed by atoms with Crippen LogP contribution in [0.2, 0.25) is 0 Å². The second kappa shape index (κ2) is 5.21. The molecule has 0 aliphatic carbocycles. The summed E-state index contributed by atoms with van der Waals surface area (Å²) in [5.74, 6) is -35.8. The molecule has 1 N–H and O–H groups in total. The maximum absolute atomic E-state index is 13.3. The lowest BCUT2D eigenvalue weighted by Crippen LogP contribution is -2.72. The molecule has 3 nitrogen and oxygen atoms in total. The molecule has 0 aromatic rings. The molecule has 0 aliphatic heterocycles. The van der Waals surface area contributed by atoms with Crippen LogP contribution >= 0.6 is 10.2 Å². The van der Waals surface area contributed by atoms with Gasteiger partial charge in [-0.2, -0.15) is 61.1 Å². The third kappa shape index (κ3) is 3.13. The summed E-state index contributed by atoms with van der Waals surface area (Å²) in [5.41, 5.74) is 0. The Labute approximate surface area is 140 Å². The lowest BCUT2D eigenvalue weighted by molar-refractivity contribution is -0.409. The first-order chi connectivity index (χ1) is 11.2. The van der Waals surface area contributed by atoms with Gasteiger partial charge in [-0.3, -0.25) is 4.55 Å². The molecule has 0 bridgehead atoms. The molecule has 0 fully saturated rings. The molecule has 0 spiro atoms. The second-order valence-electron chi connectivity index (χ2n) is 4.78. The average molecular weight is 508 g/mol. The molecule has 0 amide bonds. The van der Waals surface area contributed by atoms with Gasteiger partial charge in [0.05, 0.1) is 0 Å². The first-order valence-electron chi connectivity index (χ1n) is 5.21. The topological polar surface area (TPSA) is 54.4 Å². The highest BCUT2D eigenvalue weighted by molar-refractivity contribution is 8.46. The van der Waals surface area contributed by atoms with Crippen molar-refractivity contribution in [2.45, 2.75) is 34.2 Å². The highest BCUT2D eigenvalue weighted by Crippen LogP contribution is 3.06. The molecular weight excluding hydrogens is 507 g/mol. The first kappa shape index (κ1) is 27.1. The summed E-state index contributed by atoms with van der Waals surface area (Å²) >= 11 is 0. The average Bonchev–Trinajstić information content (AvgIpc) is 2.32. The van der Waals surface area contributed by atoms with Gasteiger partial charge in [0.15, 0.2) is 0 Å². The van der Waals surface area contributed by atoms with E-state index in [1.165, 1.54) is 0 Å². The van der Waals surface area contributed by atoms with Crippen molar-refractivity contribution in [3.05, 3.63) is 0 Å². The molecule has 0 aromatic heterocycles. The minimum Gasteiger partial charge on any atom is -0.281 e. The Morgan fingerprint density at radius 1 is 0.536 bits per heavy atom. The monoisotopic (exact) mass is 508 g/mol. The van der Waals surface area contributed by atoms with Crippen LogP contribution in [-0.4, -0.2) is 47.2 Å². The van der Waals surface area contributed by atoms with Gasteiger partial charge in [-0.05, 0) is 0 Å². The lowest BCUT2D eigenvalue weighted by atomic mass is 9.98. The van der Waals surface area contributed by atoms with Gasteiger partial charge < -0.3 is 0 Å². The number of alkyl halides is 12. The summed E-state index contributed by atoms with van der Waals surface area (Å²) in [6, 6.07) is 0. The van der Waals surface area contributed by atoms with Crippen LogP contribution < -0.4 is 0 Å². The fraction of sp³-hybridized carbons (Fsp3) is 1.00. The molecule has 0 aliphatic rings. The number of hydrogen-bond donors (Lipinski definition) is 1. The summed E-state index contributed by atoms with van der Waals surface area (Å²) in [4.78, 5) is 0. The minimum atomic E-state index is -13.3. The minimum absolute atomic E-state index is 7.62. The largest absolute Gasteiger partial charge is 0.450 e. The Morgan fingerprint density at radius 3 is 1.00 bits per heavy atom. The van der Waals surface area contributed by atoms with Crippen molar-refractivity contribution in [3.8, 4) is 0 Å². The smallest absolute Gasteiger partial charge is 0.281 e. The van der Waals surface area contributed by atoms with Crippen LogP contribution in [0, 0.1) is 0 Å². The van der Waals surface area contributed by atoms with E-state index in [-0.39, 0.29) is 0 Å². The Bertz CT molecular complexity index is 746. The number of halogens is 17. The fourth-order valence-corrected chi connectivity index (χ4v) is 2.23. The van der Waals surface area contributed by atoms with E-state index in [0.29, 0.717) is 0 Å². The van der Waals surface area contributed by atoms with Crippen molar-refractivity contribution in [1.82, 2.24) is 0 Å². The third-order valence-electron chi connectivity index (χ3n) is 2.72. The Morgan fingerprint density at radius 2 is 0.786 bits per heavy atom. The summed E-state index contributed by atoms with van der Waals surface area (Å²) < 4.78 is 239. The van der Waals surface area contributed by atoms with Crippen LogP contribution in [-0.2, 0) is 10.1 Å². The highest BCUT2D eigenvalue weighted by Gasteiger charge is 3.00. The second-order valence-corrected chi connectivity index (χ2v) is 8.69. The zero-order valence-corrected chi connectivity index (χ0v) is 13.1. The van der Waals surface area contributed by atoms with Crippen molar-refractivity contribution in [2.24, 2.45) is 0 Å². The zero-order valence-electron chi connectivity index (χ0n) is 11.5. The van der Waals surface area contributed by atoms with Crippen molar-refractivity contribution in [1.29, 1.82) is 0 Å². The van der Waals surface area contributed by atoms with Crippen molar-refractivity contribution in [2.75, 3.05) is 0 Å². The van der Waals surface area contributed by atoms with Crippen molar-refractivity contribution < 1.29 is 85.1 Å². The molecule has 0 aromatic carbocycles. The number of rotatable bonds is 7. The van der Waals surface area contributed by atoms with Crippen LogP contribution in [0.25, 0.3) is 0 Å². The molecule has 174 valence electrons. The van der Waals surface area contributed by atoms with Crippen LogP contribution in [0.15, 0.2) is 0 Å². The summed E-state index contributed by atoms with van der Waals surface area (Å²) in [5, 5.41) is -17.4. The predicted octanol–water partition coefficient (Wildman–Crippen LogP) is 5.90. The van der Waals surface area contributed by atoms with Crippen molar-refractivity contribution >= 4 is 20.3 Å². The van der Waals surface area contributed by atoms with Gasteiger partial charge >= 0.3 is 54.5 Å². The maximum atomic E-state index is 12.9. The van der Waals surface area contributed by atoms with E-state index in [1.54, 1.807) is 0 Å². The van der Waals surface area contributed by atoms with E-state index >= 15 is 0 Å². The van der Waals surface area contributed by atoms with E-state index in [1.807, 2.05) is 0 Å². The summed E-state index contributed by atoms with van der Waals surface area (Å²) in [6.07, 6.45) is 0. The van der Waals surface area contributed by atoms with Crippen LogP contribution in [0.1, 0.15) is 0 Å². The molecule has 0 heterocycles. The van der Waals surface area contributed by atoms with Crippen LogP contribution in [0.4, 0.5) is 72.1 Å². The normalized spacial score (nSPS) is 19.2. The molecule has 22 heteroatoms. The molecule has 0 unspecified atom stereocenters. The van der Waals surface area contributed by atoms with E-state index < -0.39 is 54.5 Å².